The highest BCUT2D eigenvalue weighted by atomic mass is 16.5. The van der Waals surface area contributed by atoms with E-state index in [1.807, 2.05) is 93.5 Å². The fraction of sp³-hybridized carbons (Fsp3) is 0.567. The van der Waals surface area contributed by atoms with Gasteiger partial charge in [-0.1, -0.05) is 118 Å². The first kappa shape index (κ1) is 38.0. The number of aryl methyl sites for hydroxylation is 3. The fourth-order valence-electron chi connectivity index (χ4n) is 2.57. The van der Waals surface area contributed by atoms with Crippen molar-refractivity contribution < 1.29 is 14.6 Å². The molecule has 0 unspecified atom stereocenters. The maximum Gasteiger partial charge on any atom is 0.307 e. The van der Waals surface area contributed by atoms with Gasteiger partial charge in [0.25, 0.3) is 0 Å². The zero-order valence-electron chi connectivity index (χ0n) is 23.8. The van der Waals surface area contributed by atoms with Crippen LogP contribution in [0.25, 0.3) is 0 Å². The molecule has 0 saturated carbocycles. The highest BCUT2D eigenvalue weighted by molar-refractivity contribution is 5.70. The van der Waals surface area contributed by atoms with Gasteiger partial charge >= 0.3 is 5.97 Å². The molecule has 2 rings (SSSR count). The number of ether oxygens (including phenoxy) is 1. The summed E-state index contributed by atoms with van der Waals surface area (Å²) in [6, 6.07) is 14.1. The zero-order chi connectivity index (χ0) is 26.7. The van der Waals surface area contributed by atoms with Crippen LogP contribution < -0.4 is 4.74 Å². The van der Waals surface area contributed by atoms with E-state index >= 15 is 0 Å². The van der Waals surface area contributed by atoms with E-state index in [1.165, 1.54) is 11.1 Å². The molecule has 0 aromatic heterocycles. The van der Waals surface area contributed by atoms with Crippen molar-refractivity contribution in [1.82, 2.24) is 0 Å². The number of carboxylic acid groups (broad SMARTS) is 1. The van der Waals surface area contributed by atoms with Crippen molar-refractivity contribution in [2.45, 2.75) is 109 Å². The van der Waals surface area contributed by atoms with Crippen LogP contribution in [0.3, 0.4) is 0 Å². The van der Waals surface area contributed by atoms with Crippen molar-refractivity contribution in [2.75, 3.05) is 6.61 Å². The number of hydrogen-bond donors (Lipinski definition) is 1. The van der Waals surface area contributed by atoms with Gasteiger partial charge in [-0.3, -0.25) is 4.79 Å². The number of hydrogen-bond acceptors (Lipinski definition) is 2. The lowest BCUT2D eigenvalue weighted by atomic mass is 10.0. The second-order valence-corrected chi connectivity index (χ2v) is 6.01. The Hall–Kier alpha value is -2.29. The minimum Gasteiger partial charge on any atom is -0.493 e. The van der Waals surface area contributed by atoms with Crippen LogP contribution in [0.15, 0.2) is 42.5 Å². The normalized spacial score (nSPS) is 8.24. The van der Waals surface area contributed by atoms with Gasteiger partial charge in [0, 0.05) is 0 Å². The van der Waals surface area contributed by atoms with E-state index in [2.05, 4.69) is 32.0 Å². The molecule has 0 saturated heterocycles. The Balaban J connectivity index is -0.000000196. The Labute approximate surface area is 206 Å². The summed E-state index contributed by atoms with van der Waals surface area (Å²) in [5.41, 5.74) is 4.56. The molecule has 192 valence electrons. The Morgan fingerprint density at radius 1 is 0.758 bits per heavy atom. The van der Waals surface area contributed by atoms with Crippen LogP contribution in [-0.2, 0) is 24.1 Å². The first-order valence-electron chi connectivity index (χ1n) is 13.0. The molecule has 0 heterocycles. The van der Waals surface area contributed by atoms with Crippen LogP contribution >= 0.6 is 0 Å². The third kappa shape index (κ3) is 20.1. The second-order valence-electron chi connectivity index (χ2n) is 6.01. The summed E-state index contributed by atoms with van der Waals surface area (Å²) in [5, 5.41) is 8.66. The largest absolute Gasteiger partial charge is 0.493 e. The third-order valence-corrected chi connectivity index (χ3v) is 3.90. The molecule has 0 aliphatic rings. The highest BCUT2D eigenvalue weighted by Crippen LogP contribution is 2.18. The van der Waals surface area contributed by atoms with Crippen molar-refractivity contribution in [1.29, 1.82) is 0 Å². The minimum absolute atomic E-state index is 0.128. The van der Waals surface area contributed by atoms with Crippen molar-refractivity contribution in [3.05, 3.63) is 64.7 Å². The standard InChI is InChI=1S/C11H14O2.C11H16O.4C2H6/c1-3-9-6-8(2)4-5-10(9)7-11(12)13;1-3-9-12-11-8-6-5-7-10(11)4-2;4*1-2/h4-6H,3,7H2,1-2H3,(H,12,13);5-8H,3-4,9H2,1-2H3;4*1-2H3. The lowest BCUT2D eigenvalue weighted by Gasteiger charge is -2.08. The van der Waals surface area contributed by atoms with Gasteiger partial charge < -0.3 is 9.84 Å². The Kier molecular flexibility index (Phi) is 34.2. The summed E-state index contributed by atoms with van der Waals surface area (Å²) in [5.74, 6) is 0.278. The van der Waals surface area contributed by atoms with E-state index in [1.54, 1.807) is 0 Å². The van der Waals surface area contributed by atoms with Gasteiger partial charge in [-0.2, -0.15) is 0 Å². The quantitative estimate of drug-likeness (QED) is 0.446. The predicted molar refractivity (Wildman–Crippen MR) is 149 cm³/mol. The monoisotopic (exact) mass is 462 g/mol. The molecule has 0 aliphatic carbocycles. The molecule has 0 spiro atoms. The summed E-state index contributed by atoms with van der Waals surface area (Å²) in [4.78, 5) is 10.5. The van der Waals surface area contributed by atoms with Gasteiger partial charge in [0.2, 0.25) is 0 Å². The summed E-state index contributed by atoms with van der Waals surface area (Å²) < 4.78 is 5.58. The van der Waals surface area contributed by atoms with Gasteiger partial charge in [0.15, 0.2) is 0 Å². The first-order valence-corrected chi connectivity index (χ1v) is 13.0. The van der Waals surface area contributed by atoms with E-state index in [0.29, 0.717) is 0 Å². The Morgan fingerprint density at radius 3 is 1.73 bits per heavy atom. The van der Waals surface area contributed by atoms with E-state index in [4.69, 9.17) is 9.84 Å². The molecule has 3 nitrogen and oxygen atoms in total. The Bertz CT molecular complexity index is 663. The summed E-state index contributed by atoms with van der Waals surface area (Å²) in [7, 11) is 0. The summed E-state index contributed by atoms with van der Waals surface area (Å²) in [6.07, 6.45) is 3.13. The molecular weight excluding hydrogens is 408 g/mol. The number of para-hydroxylation sites is 1. The number of carbonyl (C=O) groups is 1. The molecule has 3 heteroatoms. The van der Waals surface area contributed by atoms with Crippen LogP contribution in [0, 0.1) is 6.92 Å². The molecule has 0 aliphatic heterocycles. The minimum atomic E-state index is -0.765. The molecule has 0 bridgehead atoms. The van der Waals surface area contributed by atoms with Gasteiger partial charge in [0.05, 0.1) is 13.0 Å². The van der Waals surface area contributed by atoms with Crippen molar-refractivity contribution >= 4 is 5.97 Å². The second kappa shape index (κ2) is 29.7. The molecule has 0 radical (unpaired) electrons. The SMILES string of the molecule is CC.CC.CC.CC.CCCOc1ccccc1CC.CCc1cc(C)ccc1CC(=O)O. The predicted octanol–water partition coefficient (Wildman–Crippen LogP) is 9.33. The van der Waals surface area contributed by atoms with Crippen LogP contribution in [0.5, 0.6) is 5.75 Å². The lowest BCUT2D eigenvalue weighted by molar-refractivity contribution is -0.136. The molecule has 33 heavy (non-hydrogen) atoms. The number of aliphatic carboxylic acids is 1. The smallest absolute Gasteiger partial charge is 0.307 e. The van der Waals surface area contributed by atoms with Gasteiger partial charge in [-0.05, 0) is 48.9 Å². The molecule has 0 amide bonds. The van der Waals surface area contributed by atoms with E-state index in [9.17, 15) is 4.79 Å². The fourth-order valence-corrected chi connectivity index (χ4v) is 2.57. The van der Waals surface area contributed by atoms with Crippen molar-refractivity contribution in [3.63, 3.8) is 0 Å². The number of benzene rings is 2. The summed E-state index contributed by atoms with van der Waals surface area (Å²) in [6.45, 7) is 25.1. The molecule has 0 atom stereocenters. The third-order valence-electron chi connectivity index (χ3n) is 3.90. The van der Waals surface area contributed by atoms with Crippen LogP contribution in [-0.4, -0.2) is 17.7 Å². The van der Waals surface area contributed by atoms with E-state index in [-0.39, 0.29) is 6.42 Å². The molecular formula is C30H54O3. The van der Waals surface area contributed by atoms with Gasteiger partial charge in [-0.25, -0.2) is 0 Å². The van der Waals surface area contributed by atoms with Crippen LogP contribution in [0.1, 0.15) is 105 Å². The van der Waals surface area contributed by atoms with E-state index < -0.39 is 5.97 Å². The topological polar surface area (TPSA) is 46.5 Å². The average Bonchev–Trinajstić information content (AvgIpc) is 2.89. The number of rotatable bonds is 7. The molecule has 2 aromatic rings. The van der Waals surface area contributed by atoms with Gasteiger partial charge in [-0.15, -0.1) is 0 Å². The van der Waals surface area contributed by atoms with Crippen molar-refractivity contribution in [3.8, 4) is 5.75 Å². The maximum atomic E-state index is 10.5. The maximum absolute atomic E-state index is 10.5. The summed E-state index contributed by atoms with van der Waals surface area (Å²) >= 11 is 0. The highest BCUT2D eigenvalue weighted by Gasteiger charge is 2.05. The van der Waals surface area contributed by atoms with Crippen molar-refractivity contribution in [2.24, 2.45) is 0 Å². The van der Waals surface area contributed by atoms with Crippen LogP contribution in [0.4, 0.5) is 0 Å². The van der Waals surface area contributed by atoms with Crippen LogP contribution in [0.2, 0.25) is 0 Å². The molecule has 2 aromatic carbocycles. The Morgan fingerprint density at radius 2 is 1.27 bits per heavy atom. The average molecular weight is 463 g/mol. The zero-order valence-corrected chi connectivity index (χ0v) is 23.8. The lowest BCUT2D eigenvalue weighted by Crippen LogP contribution is -2.03. The van der Waals surface area contributed by atoms with Gasteiger partial charge in [0.1, 0.15) is 5.75 Å². The van der Waals surface area contributed by atoms with E-state index in [0.717, 1.165) is 42.7 Å². The molecule has 1 N–H and O–H groups in total. The number of carboxylic acids is 1. The molecule has 0 fully saturated rings. The first-order chi connectivity index (χ1) is 16.0.